The Bertz CT molecular complexity index is 611. The second-order valence-corrected chi connectivity index (χ2v) is 5.16. The summed E-state index contributed by atoms with van der Waals surface area (Å²) in [7, 11) is 0. The van der Waals surface area contributed by atoms with Gasteiger partial charge >= 0.3 is 0 Å². The van der Waals surface area contributed by atoms with Crippen molar-refractivity contribution in [1.29, 1.82) is 0 Å². The van der Waals surface area contributed by atoms with Gasteiger partial charge in [0, 0.05) is 24.8 Å². The summed E-state index contributed by atoms with van der Waals surface area (Å²) in [6.45, 7) is 4.08. The van der Waals surface area contributed by atoms with Crippen molar-refractivity contribution >= 4 is 11.8 Å². The van der Waals surface area contributed by atoms with Crippen LogP contribution in [0.5, 0.6) is 0 Å². The lowest BCUT2D eigenvalue weighted by Crippen LogP contribution is -2.63. The average Bonchev–Trinajstić information content (AvgIpc) is 2.48. The first-order valence-electron chi connectivity index (χ1n) is 6.63. The molecule has 1 aromatic heterocycles. The van der Waals surface area contributed by atoms with E-state index < -0.39 is 5.54 Å². The van der Waals surface area contributed by atoms with Crippen molar-refractivity contribution in [3.05, 3.63) is 29.6 Å². The zero-order valence-corrected chi connectivity index (χ0v) is 12.0. The van der Waals surface area contributed by atoms with Crippen molar-refractivity contribution in [2.24, 2.45) is 0 Å². The number of hydrogen-bond donors (Lipinski definition) is 2. The quantitative estimate of drug-likeness (QED) is 0.699. The minimum atomic E-state index is -0.896. The fourth-order valence-electron chi connectivity index (χ4n) is 2.13. The van der Waals surface area contributed by atoms with Gasteiger partial charge in [-0.3, -0.25) is 9.59 Å². The predicted molar refractivity (Wildman–Crippen MR) is 76.3 cm³/mol. The molecule has 2 amide bonds. The van der Waals surface area contributed by atoms with Crippen LogP contribution in [0.2, 0.25) is 0 Å². The van der Waals surface area contributed by atoms with E-state index in [2.05, 4.69) is 22.1 Å². The molecule has 0 spiro atoms. The Labute approximate surface area is 123 Å². The highest BCUT2D eigenvalue weighted by Gasteiger charge is 2.40. The molecule has 2 heterocycles. The largest absolute Gasteiger partial charge is 0.384 e. The smallest absolute Gasteiger partial charge is 0.273 e. The van der Waals surface area contributed by atoms with Crippen LogP contribution in [-0.4, -0.2) is 52.0 Å². The van der Waals surface area contributed by atoms with E-state index in [4.69, 9.17) is 5.11 Å². The highest BCUT2D eigenvalue weighted by atomic mass is 16.2. The highest BCUT2D eigenvalue weighted by molar-refractivity contribution is 5.98. The Morgan fingerprint density at radius 3 is 2.90 bits per heavy atom. The summed E-state index contributed by atoms with van der Waals surface area (Å²) in [6, 6.07) is 3.24. The van der Waals surface area contributed by atoms with Gasteiger partial charge in [-0.15, -0.1) is 0 Å². The van der Waals surface area contributed by atoms with E-state index in [-0.39, 0.29) is 24.1 Å². The van der Waals surface area contributed by atoms with Crippen molar-refractivity contribution in [2.75, 3.05) is 19.7 Å². The van der Waals surface area contributed by atoms with E-state index in [1.807, 2.05) is 0 Å². The van der Waals surface area contributed by atoms with E-state index in [1.165, 1.54) is 11.1 Å². The van der Waals surface area contributed by atoms with Crippen LogP contribution in [0.15, 0.2) is 18.3 Å². The van der Waals surface area contributed by atoms with Gasteiger partial charge in [0.15, 0.2) is 0 Å². The minimum Gasteiger partial charge on any atom is -0.384 e. The fraction of sp³-hybridized carbons (Fsp3) is 0.400. The van der Waals surface area contributed by atoms with Gasteiger partial charge < -0.3 is 15.3 Å². The lowest BCUT2D eigenvalue weighted by Gasteiger charge is -2.40. The normalized spacial score (nSPS) is 16.7. The number of pyridine rings is 1. The minimum absolute atomic E-state index is 0.174. The van der Waals surface area contributed by atoms with Crippen molar-refractivity contribution < 1.29 is 14.7 Å². The van der Waals surface area contributed by atoms with E-state index in [0.29, 0.717) is 18.7 Å². The van der Waals surface area contributed by atoms with Crippen LogP contribution in [0.25, 0.3) is 0 Å². The molecular formula is C15H17N3O3. The van der Waals surface area contributed by atoms with Crippen molar-refractivity contribution in [1.82, 2.24) is 15.2 Å². The summed E-state index contributed by atoms with van der Waals surface area (Å²) in [6.07, 6.45) is 1.48. The van der Waals surface area contributed by atoms with Gasteiger partial charge in [-0.25, -0.2) is 4.98 Å². The molecule has 0 aromatic carbocycles. The first kappa shape index (κ1) is 15.0. The van der Waals surface area contributed by atoms with Gasteiger partial charge in [-0.05, 0) is 26.0 Å². The van der Waals surface area contributed by atoms with Crippen LogP contribution >= 0.6 is 0 Å². The Kier molecular flexibility index (Phi) is 4.24. The number of carbonyl (C=O) groups excluding carboxylic acids is 2. The van der Waals surface area contributed by atoms with Gasteiger partial charge in [-0.1, -0.05) is 11.8 Å². The molecule has 0 radical (unpaired) electrons. The van der Waals surface area contributed by atoms with E-state index >= 15 is 0 Å². The van der Waals surface area contributed by atoms with Crippen LogP contribution in [0.4, 0.5) is 0 Å². The zero-order valence-electron chi connectivity index (χ0n) is 12.0. The standard InChI is InChI=1S/C15H17N3O3/c1-15(2)14(21)16-7-8-18(15)13(20)12-6-5-11(10-17-12)4-3-9-19/h5-6,10,19H,7-9H2,1-2H3,(H,16,21). The lowest BCUT2D eigenvalue weighted by molar-refractivity contribution is -0.133. The first-order valence-corrected chi connectivity index (χ1v) is 6.63. The Morgan fingerprint density at radius 1 is 1.52 bits per heavy atom. The molecule has 21 heavy (non-hydrogen) atoms. The van der Waals surface area contributed by atoms with Gasteiger partial charge in [-0.2, -0.15) is 0 Å². The molecule has 1 fully saturated rings. The fourth-order valence-corrected chi connectivity index (χ4v) is 2.13. The van der Waals surface area contributed by atoms with E-state index in [0.717, 1.165) is 0 Å². The summed E-state index contributed by atoms with van der Waals surface area (Å²) in [5.74, 6) is 4.77. The molecule has 1 aromatic rings. The van der Waals surface area contributed by atoms with Gasteiger partial charge in [0.25, 0.3) is 5.91 Å². The molecule has 1 saturated heterocycles. The summed E-state index contributed by atoms with van der Waals surface area (Å²) >= 11 is 0. The molecule has 6 nitrogen and oxygen atoms in total. The maximum absolute atomic E-state index is 12.5. The van der Waals surface area contributed by atoms with Gasteiger partial charge in [0.05, 0.1) is 0 Å². The number of nitrogens with zero attached hydrogens (tertiary/aromatic N) is 2. The second-order valence-electron chi connectivity index (χ2n) is 5.16. The van der Waals surface area contributed by atoms with Crippen LogP contribution < -0.4 is 5.32 Å². The molecular weight excluding hydrogens is 270 g/mol. The predicted octanol–water partition coefficient (Wildman–Crippen LogP) is -0.224. The SMILES string of the molecule is CC1(C)C(=O)NCCN1C(=O)c1ccc(C#CCO)cn1. The van der Waals surface area contributed by atoms with E-state index in [1.54, 1.807) is 26.0 Å². The Hall–Kier alpha value is -2.39. The maximum atomic E-state index is 12.5. The average molecular weight is 287 g/mol. The molecule has 6 heteroatoms. The number of piperazine rings is 1. The van der Waals surface area contributed by atoms with Crippen molar-refractivity contribution in [3.8, 4) is 11.8 Å². The molecule has 1 aliphatic heterocycles. The highest BCUT2D eigenvalue weighted by Crippen LogP contribution is 2.20. The molecule has 0 aliphatic carbocycles. The van der Waals surface area contributed by atoms with Crippen LogP contribution in [-0.2, 0) is 4.79 Å². The zero-order chi connectivity index (χ0) is 15.5. The molecule has 0 unspecified atom stereocenters. The summed E-state index contributed by atoms with van der Waals surface area (Å²) in [4.78, 5) is 30.0. The number of hydrogen-bond acceptors (Lipinski definition) is 4. The number of aliphatic hydroxyl groups is 1. The molecule has 0 atom stereocenters. The maximum Gasteiger partial charge on any atom is 0.273 e. The summed E-state index contributed by atoms with van der Waals surface area (Å²) in [5.41, 5.74) is -0.00425. The molecule has 0 saturated carbocycles. The molecule has 110 valence electrons. The molecule has 0 bridgehead atoms. The first-order chi connectivity index (χ1) is 9.96. The Morgan fingerprint density at radius 2 is 2.29 bits per heavy atom. The number of amides is 2. The topological polar surface area (TPSA) is 82.5 Å². The number of aromatic nitrogens is 1. The summed E-state index contributed by atoms with van der Waals surface area (Å²) in [5, 5.41) is 11.4. The van der Waals surface area contributed by atoms with Crippen molar-refractivity contribution in [2.45, 2.75) is 19.4 Å². The third-order valence-electron chi connectivity index (χ3n) is 3.39. The Balaban J connectivity index is 2.21. The molecule has 2 N–H and O–H groups in total. The van der Waals surface area contributed by atoms with Crippen LogP contribution in [0.3, 0.4) is 0 Å². The monoisotopic (exact) mass is 287 g/mol. The van der Waals surface area contributed by atoms with Crippen LogP contribution in [0, 0.1) is 11.8 Å². The third-order valence-corrected chi connectivity index (χ3v) is 3.39. The molecule has 1 aliphatic rings. The van der Waals surface area contributed by atoms with Gasteiger partial charge in [0.1, 0.15) is 17.8 Å². The number of nitrogens with one attached hydrogen (secondary N) is 1. The molecule has 2 rings (SSSR count). The van der Waals surface area contributed by atoms with Crippen LogP contribution in [0.1, 0.15) is 29.9 Å². The van der Waals surface area contributed by atoms with E-state index in [9.17, 15) is 9.59 Å². The number of carbonyl (C=O) groups is 2. The van der Waals surface area contributed by atoms with Crippen molar-refractivity contribution in [3.63, 3.8) is 0 Å². The third kappa shape index (κ3) is 3.03. The van der Waals surface area contributed by atoms with Gasteiger partial charge in [0.2, 0.25) is 5.91 Å². The number of rotatable bonds is 1. The number of aliphatic hydroxyl groups excluding tert-OH is 1. The second kappa shape index (κ2) is 5.94. The lowest BCUT2D eigenvalue weighted by atomic mass is 9.98. The summed E-state index contributed by atoms with van der Waals surface area (Å²) < 4.78 is 0.